The van der Waals surface area contributed by atoms with Crippen LogP contribution in [0.15, 0.2) is 72.3 Å². The van der Waals surface area contributed by atoms with Crippen LogP contribution in [0.2, 0.25) is 0 Å². The summed E-state index contributed by atoms with van der Waals surface area (Å²) in [5, 5.41) is 4.71. The zero-order valence-electron chi connectivity index (χ0n) is 42.5. The second-order valence-corrected chi connectivity index (χ2v) is 21.1. The van der Waals surface area contributed by atoms with E-state index in [2.05, 4.69) is 91.6 Å². The number of nitrogens with zero attached hydrogens (tertiary/aromatic N) is 4. The standard InChI is InChI=1S/C55H62F6N8O6/c1-29(2)46(66-52(72)74-27-54(56,57)58)50(70)68-20-6-8-44(68)48-62-40-18-16-36(25-42(40)64-48)38-23-32-10-12-33-14-15-34(31(5)22-35(38)13-11-32)24-39(33)37-17-19-41-43(26-37)65-49(63-41)45-9-7-21-69(45)51(71)47(30(3)4)67-53(73)75-28-55(59,60)61/h11,14-19,23-26,29-31,35,44-47H,6-10,12-13,20-22,27-28H2,1-5H3,(H,62,64)(H,63,65)(H,66,72)(H,67,73)/t31-,35-,44+,45+,46+,47+/m1/s1. The summed E-state index contributed by atoms with van der Waals surface area (Å²) in [6, 6.07) is 16.1. The summed E-state index contributed by atoms with van der Waals surface area (Å²) in [7, 11) is 0. The highest BCUT2D eigenvalue weighted by Crippen LogP contribution is 2.43. The van der Waals surface area contributed by atoms with Gasteiger partial charge in [-0.2, -0.15) is 26.3 Å². The number of aryl methyl sites for hydroxylation is 1. The molecule has 4 bridgehead atoms. The molecular formula is C55H62F6N8O6. The Morgan fingerprint density at radius 2 is 1.23 bits per heavy atom. The number of aromatic amines is 2. The van der Waals surface area contributed by atoms with Gasteiger partial charge in [0.15, 0.2) is 13.2 Å². The molecule has 75 heavy (non-hydrogen) atoms. The van der Waals surface area contributed by atoms with E-state index in [0.717, 1.165) is 64.4 Å². The summed E-state index contributed by atoms with van der Waals surface area (Å²) in [5.41, 5.74) is 11.2. The number of hydrogen-bond acceptors (Lipinski definition) is 8. The molecular weight excluding hydrogens is 983 g/mol. The number of carbonyl (C=O) groups is 4. The number of alkyl halides is 6. The monoisotopic (exact) mass is 1040 g/mol. The maximum Gasteiger partial charge on any atom is 0.422 e. The number of alkyl carbamates (subject to hydrolysis) is 2. The molecule has 6 atom stereocenters. The lowest BCUT2D eigenvalue weighted by Gasteiger charge is -2.30. The van der Waals surface area contributed by atoms with E-state index < -0.39 is 85.6 Å². The van der Waals surface area contributed by atoms with Gasteiger partial charge < -0.3 is 39.9 Å². The number of allylic oxidation sites excluding steroid dienone is 4. The Bertz CT molecular complexity index is 3030. The Morgan fingerprint density at radius 3 is 1.75 bits per heavy atom. The number of hydrogen-bond donors (Lipinski definition) is 4. The molecule has 3 aromatic carbocycles. The van der Waals surface area contributed by atoms with Crippen LogP contribution in [0.3, 0.4) is 0 Å². The molecule has 20 heteroatoms. The first-order valence-electron chi connectivity index (χ1n) is 25.7. The van der Waals surface area contributed by atoms with Crippen molar-refractivity contribution in [2.75, 3.05) is 26.3 Å². The van der Waals surface area contributed by atoms with Gasteiger partial charge in [0.1, 0.15) is 23.7 Å². The van der Waals surface area contributed by atoms with E-state index in [4.69, 9.17) is 9.97 Å². The van der Waals surface area contributed by atoms with Gasteiger partial charge in [-0.15, -0.1) is 0 Å². The topological polar surface area (TPSA) is 175 Å². The number of aromatic nitrogens is 4. The van der Waals surface area contributed by atoms with Crippen molar-refractivity contribution in [2.45, 2.75) is 128 Å². The lowest BCUT2D eigenvalue weighted by atomic mass is 9.76. The highest BCUT2D eigenvalue weighted by atomic mass is 19.4. The molecule has 7 aliphatic rings. The van der Waals surface area contributed by atoms with Crippen LogP contribution in [0.25, 0.3) is 38.8 Å². The summed E-state index contributed by atoms with van der Waals surface area (Å²) in [6.45, 7) is 6.38. The summed E-state index contributed by atoms with van der Waals surface area (Å²) in [6.07, 6.45) is -1.36. The van der Waals surface area contributed by atoms with Gasteiger partial charge in [-0.25, -0.2) is 19.6 Å². The molecule has 4 heterocycles. The Labute approximate surface area is 430 Å². The van der Waals surface area contributed by atoms with E-state index in [-0.39, 0.29) is 11.8 Å². The number of carbonyl (C=O) groups excluding carboxylic acids is 4. The first-order chi connectivity index (χ1) is 35.6. The summed E-state index contributed by atoms with van der Waals surface area (Å²) in [5.74, 6) is -0.0779. The largest absolute Gasteiger partial charge is 0.440 e. The zero-order chi connectivity index (χ0) is 53.5. The van der Waals surface area contributed by atoms with Crippen LogP contribution in [0.4, 0.5) is 35.9 Å². The number of likely N-dealkylation sites (tertiary alicyclic amines) is 2. The van der Waals surface area contributed by atoms with Crippen LogP contribution >= 0.6 is 0 Å². The number of ether oxygens (including phenoxy) is 2. The number of imidazole rings is 2. The van der Waals surface area contributed by atoms with Crippen LogP contribution in [-0.4, -0.2) is 104 Å². The molecule has 0 unspecified atom stereocenters. The highest BCUT2D eigenvalue weighted by Gasteiger charge is 2.41. The van der Waals surface area contributed by atoms with Gasteiger partial charge in [0.05, 0.1) is 34.2 Å². The van der Waals surface area contributed by atoms with Crippen LogP contribution in [0, 0.1) is 17.8 Å². The van der Waals surface area contributed by atoms with Crippen molar-refractivity contribution in [3.05, 3.63) is 101 Å². The van der Waals surface area contributed by atoms with Crippen molar-refractivity contribution >= 4 is 51.6 Å². The minimum absolute atomic E-state index is 0.189. The van der Waals surface area contributed by atoms with Gasteiger partial charge in [0, 0.05) is 13.1 Å². The molecule has 12 rings (SSSR count). The first kappa shape index (κ1) is 53.0. The molecule has 4 amide bonds. The van der Waals surface area contributed by atoms with Crippen molar-refractivity contribution in [3.63, 3.8) is 0 Å². The van der Waals surface area contributed by atoms with E-state index in [1.807, 2.05) is 12.1 Å². The predicted molar refractivity (Wildman–Crippen MR) is 269 cm³/mol. The second-order valence-electron chi connectivity index (χ2n) is 21.1. The van der Waals surface area contributed by atoms with Crippen molar-refractivity contribution in [3.8, 4) is 11.1 Å². The lowest BCUT2D eigenvalue weighted by molar-refractivity contribution is -0.161. The van der Waals surface area contributed by atoms with Gasteiger partial charge in [-0.1, -0.05) is 82.7 Å². The minimum atomic E-state index is -4.70. The Hall–Kier alpha value is -6.86. The van der Waals surface area contributed by atoms with Crippen molar-refractivity contribution in [1.82, 2.24) is 40.4 Å². The van der Waals surface area contributed by atoms with Crippen LogP contribution < -0.4 is 10.6 Å². The normalized spacial score (nSPS) is 21.0. The highest BCUT2D eigenvalue weighted by molar-refractivity contribution is 5.89. The number of nitrogens with one attached hydrogen (secondary N) is 4. The summed E-state index contributed by atoms with van der Waals surface area (Å²) < 4.78 is 85.1. The van der Waals surface area contributed by atoms with Gasteiger partial charge in [0.25, 0.3) is 0 Å². The lowest BCUT2D eigenvalue weighted by Crippen LogP contribution is -2.51. The van der Waals surface area contributed by atoms with E-state index in [9.17, 15) is 45.5 Å². The summed E-state index contributed by atoms with van der Waals surface area (Å²) >= 11 is 0. The average molecular weight is 1050 g/mol. The first-order valence-corrected chi connectivity index (χ1v) is 25.7. The molecule has 4 N–H and O–H groups in total. The molecule has 2 aliphatic heterocycles. The van der Waals surface area contributed by atoms with Gasteiger partial charge in [0.2, 0.25) is 11.8 Å². The van der Waals surface area contributed by atoms with E-state index >= 15 is 0 Å². The number of rotatable bonds is 12. The molecule has 0 spiro atoms. The molecule has 2 fully saturated rings. The van der Waals surface area contributed by atoms with Crippen LogP contribution in [0.1, 0.15) is 126 Å². The number of amides is 4. The molecule has 0 radical (unpaired) electrons. The van der Waals surface area contributed by atoms with Crippen LogP contribution in [-0.2, 0) is 25.5 Å². The Kier molecular flexibility index (Phi) is 15.1. The molecule has 5 aromatic rings. The number of H-pyrrole nitrogens is 2. The maximum atomic E-state index is 13.9. The van der Waals surface area contributed by atoms with Crippen molar-refractivity contribution < 1.29 is 55.0 Å². The molecule has 2 saturated heterocycles. The fourth-order valence-corrected chi connectivity index (χ4v) is 11.1. The maximum absolute atomic E-state index is 13.9. The van der Waals surface area contributed by atoms with Gasteiger partial charge in [-0.3, -0.25) is 9.59 Å². The smallest absolute Gasteiger partial charge is 0.422 e. The minimum Gasteiger partial charge on any atom is -0.440 e. The van der Waals surface area contributed by atoms with E-state index in [1.54, 1.807) is 37.5 Å². The molecule has 5 aliphatic carbocycles. The third-order valence-electron chi connectivity index (χ3n) is 15.0. The van der Waals surface area contributed by atoms with Crippen molar-refractivity contribution in [2.24, 2.45) is 17.8 Å². The molecule has 400 valence electrons. The number of fused-ring (bicyclic) bond motifs is 2. The Balaban J connectivity index is 0.910. The van der Waals surface area contributed by atoms with Crippen molar-refractivity contribution in [1.29, 1.82) is 0 Å². The third kappa shape index (κ3) is 12.0. The zero-order valence-corrected chi connectivity index (χ0v) is 42.5. The third-order valence-corrected chi connectivity index (χ3v) is 15.0. The predicted octanol–water partition coefficient (Wildman–Crippen LogP) is 11.5. The SMILES string of the molecule is CC(C)[C@H](NC(=O)OCC(F)(F)F)C(=O)N1CCC[C@H]1c1nc2ccc(C3=CC4=CC[C@@H]3C[C@@H](C)c3ccc(c(-c5ccc6nc([C@@H]7CCCN7C(=O)[C@@H](NC(=O)OCC(F)(F)F)C(C)C)[nH]c6c5)c3)CC4)cc2[nH]1. The van der Waals surface area contributed by atoms with Gasteiger partial charge in [-0.05, 0) is 133 Å². The molecule has 0 saturated carbocycles. The Morgan fingerprint density at radius 1 is 0.707 bits per heavy atom. The van der Waals surface area contributed by atoms with E-state index in [1.165, 1.54) is 22.3 Å². The second kappa shape index (κ2) is 21.4. The average Bonchev–Trinajstić information content (AvgIpc) is 4.21. The molecule has 2 aromatic heterocycles. The van der Waals surface area contributed by atoms with Gasteiger partial charge >= 0.3 is 24.5 Å². The fourth-order valence-electron chi connectivity index (χ4n) is 11.1. The number of halogens is 6. The van der Waals surface area contributed by atoms with E-state index in [0.29, 0.717) is 50.4 Å². The quantitative estimate of drug-likeness (QED) is 0.0893. The summed E-state index contributed by atoms with van der Waals surface area (Å²) in [4.78, 5) is 72.5. The number of benzene rings is 3. The molecule has 14 nitrogen and oxygen atoms in total. The van der Waals surface area contributed by atoms with Crippen LogP contribution in [0.5, 0.6) is 0 Å². The fraction of sp³-hybridized carbons (Fsp3) is 0.491.